The average Bonchev–Trinajstić information content (AvgIpc) is 2.62. The number of carbonyl (C=O) groups is 1. The third-order valence-corrected chi connectivity index (χ3v) is 3.48. The Morgan fingerprint density at radius 2 is 2.05 bits per heavy atom. The van der Waals surface area contributed by atoms with Crippen molar-refractivity contribution in [3.05, 3.63) is 30.1 Å². The number of carboxylic acids is 1. The molecule has 0 aliphatic carbocycles. The lowest BCUT2D eigenvalue weighted by atomic mass is 10.2. The molecule has 0 bridgehead atoms. The van der Waals surface area contributed by atoms with E-state index in [-0.39, 0.29) is 6.54 Å². The first kappa shape index (κ1) is 14.0. The van der Waals surface area contributed by atoms with Crippen LogP contribution in [0.4, 0.5) is 0 Å². The fourth-order valence-electron chi connectivity index (χ4n) is 2.43. The third kappa shape index (κ3) is 4.96. The van der Waals surface area contributed by atoms with Crippen molar-refractivity contribution >= 4 is 5.97 Å². The first-order chi connectivity index (χ1) is 9.24. The van der Waals surface area contributed by atoms with Gasteiger partial charge in [-0.2, -0.15) is 0 Å². The second-order valence-corrected chi connectivity index (χ2v) is 4.98. The highest BCUT2D eigenvalue weighted by Gasteiger charge is 2.16. The first-order valence-corrected chi connectivity index (χ1v) is 6.79. The number of carboxylic acid groups (broad SMARTS) is 1. The predicted molar refractivity (Wildman–Crippen MR) is 73.1 cm³/mol. The molecular weight excluding hydrogens is 242 g/mol. The van der Waals surface area contributed by atoms with Crippen LogP contribution in [0.5, 0.6) is 0 Å². The van der Waals surface area contributed by atoms with Crippen LogP contribution in [0, 0.1) is 0 Å². The van der Waals surface area contributed by atoms with Crippen molar-refractivity contribution in [1.82, 2.24) is 14.8 Å². The van der Waals surface area contributed by atoms with Gasteiger partial charge in [0.1, 0.15) is 0 Å². The van der Waals surface area contributed by atoms with Gasteiger partial charge < -0.3 is 10.0 Å². The molecule has 0 unspecified atom stereocenters. The molecule has 5 nitrogen and oxygen atoms in total. The molecular formula is C14H21N3O2. The summed E-state index contributed by atoms with van der Waals surface area (Å²) in [4.78, 5) is 19.3. The maximum absolute atomic E-state index is 10.7. The van der Waals surface area contributed by atoms with Crippen LogP contribution in [0.15, 0.2) is 24.5 Å². The number of pyridine rings is 1. The van der Waals surface area contributed by atoms with E-state index in [0.717, 1.165) is 45.6 Å². The molecule has 0 aromatic carbocycles. The van der Waals surface area contributed by atoms with Gasteiger partial charge in [-0.25, -0.2) is 0 Å². The van der Waals surface area contributed by atoms with E-state index in [9.17, 15) is 4.79 Å². The highest BCUT2D eigenvalue weighted by atomic mass is 16.4. The van der Waals surface area contributed by atoms with Crippen LogP contribution < -0.4 is 0 Å². The molecule has 2 heterocycles. The fraction of sp³-hybridized carbons (Fsp3) is 0.571. The molecule has 0 radical (unpaired) electrons. The van der Waals surface area contributed by atoms with Gasteiger partial charge >= 0.3 is 5.97 Å². The number of aliphatic carboxylic acids is 1. The smallest absolute Gasteiger partial charge is 0.317 e. The molecule has 0 atom stereocenters. The number of aromatic nitrogens is 1. The molecule has 1 aromatic rings. The van der Waals surface area contributed by atoms with Gasteiger partial charge in [0, 0.05) is 38.6 Å². The molecule has 1 fully saturated rings. The lowest BCUT2D eigenvalue weighted by molar-refractivity contribution is -0.138. The van der Waals surface area contributed by atoms with E-state index in [1.54, 1.807) is 6.20 Å². The zero-order valence-electron chi connectivity index (χ0n) is 11.2. The van der Waals surface area contributed by atoms with Crippen LogP contribution in [0.2, 0.25) is 0 Å². The van der Waals surface area contributed by atoms with Gasteiger partial charge in [0.15, 0.2) is 0 Å². The van der Waals surface area contributed by atoms with E-state index in [1.165, 1.54) is 5.56 Å². The standard InChI is InChI=1S/C14H21N3O2/c18-14(19)12-17-7-2-6-16(9-10-17)8-4-13-3-1-5-15-11-13/h1,3,5,11H,2,4,6-10,12H2,(H,18,19). The Labute approximate surface area is 113 Å². The summed E-state index contributed by atoms with van der Waals surface area (Å²) in [6, 6.07) is 4.06. The summed E-state index contributed by atoms with van der Waals surface area (Å²) >= 11 is 0. The largest absolute Gasteiger partial charge is 0.480 e. The Morgan fingerprint density at radius 1 is 1.26 bits per heavy atom. The molecule has 0 amide bonds. The molecule has 0 spiro atoms. The quantitative estimate of drug-likeness (QED) is 0.848. The topological polar surface area (TPSA) is 56.7 Å². The number of nitrogens with zero attached hydrogens (tertiary/aromatic N) is 3. The minimum Gasteiger partial charge on any atom is -0.480 e. The van der Waals surface area contributed by atoms with Crippen LogP contribution in [0.3, 0.4) is 0 Å². The summed E-state index contributed by atoms with van der Waals surface area (Å²) < 4.78 is 0. The highest BCUT2D eigenvalue weighted by Crippen LogP contribution is 2.05. The van der Waals surface area contributed by atoms with E-state index < -0.39 is 5.97 Å². The van der Waals surface area contributed by atoms with Crippen molar-refractivity contribution in [3.8, 4) is 0 Å². The molecule has 1 aromatic heterocycles. The van der Waals surface area contributed by atoms with Gasteiger partial charge in [-0.3, -0.25) is 14.7 Å². The van der Waals surface area contributed by atoms with Crippen molar-refractivity contribution in [2.24, 2.45) is 0 Å². The van der Waals surface area contributed by atoms with Crippen LogP contribution in [-0.2, 0) is 11.2 Å². The summed E-state index contributed by atoms with van der Waals surface area (Å²) in [6.07, 6.45) is 5.75. The molecule has 1 aliphatic rings. The van der Waals surface area contributed by atoms with Crippen LogP contribution in [-0.4, -0.2) is 65.1 Å². The lowest BCUT2D eigenvalue weighted by Gasteiger charge is -2.20. The van der Waals surface area contributed by atoms with E-state index in [2.05, 4.69) is 16.0 Å². The van der Waals surface area contributed by atoms with Crippen LogP contribution in [0.1, 0.15) is 12.0 Å². The van der Waals surface area contributed by atoms with Crippen molar-refractivity contribution in [1.29, 1.82) is 0 Å². The fourth-order valence-corrected chi connectivity index (χ4v) is 2.43. The van der Waals surface area contributed by atoms with Crippen molar-refractivity contribution in [2.45, 2.75) is 12.8 Å². The maximum atomic E-state index is 10.7. The number of hydrogen-bond acceptors (Lipinski definition) is 4. The zero-order chi connectivity index (χ0) is 13.5. The van der Waals surface area contributed by atoms with Gasteiger partial charge in [0.2, 0.25) is 0 Å². The Kier molecular flexibility index (Phi) is 5.30. The Bertz CT molecular complexity index is 397. The minimum absolute atomic E-state index is 0.163. The van der Waals surface area contributed by atoms with Crippen molar-refractivity contribution < 1.29 is 9.90 Å². The lowest BCUT2D eigenvalue weighted by Crippen LogP contribution is -2.34. The summed E-state index contributed by atoms with van der Waals surface area (Å²) in [6.45, 7) is 4.92. The molecule has 2 rings (SSSR count). The summed E-state index contributed by atoms with van der Waals surface area (Å²) in [5.41, 5.74) is 1.26. The third-order valence-electron chi connectivity index (χ3n) is 3.48. The number of rotatable bonds is 5. The monoisotopic (exact) mass is 263 g/mol. The first-order valence-electron chi connectivity index (χ1n) is 6.79. The van der Waals surface area contributed by atoms with Crippen molar-refractivity contribution in [2.75, 3.05) is 39.3 Å². The molecule has 1 N–H and O–H groups in total. The van der Waals surface area contributed by atoms with Gasteiger partial charge in [0.05, 0.1) is 6.54 Å². The second kappa shape index (κ2) is 7.21. The second-order valence-electron chi connectivity index (χ2n) is 4.98. The Balaban J connectivity index is 1.75. The van der Waals surface area contributed by atoms with Gasteiger partial charge in [0.25, 0.3) is 0 Å². The van der Waals surface area contributed by atoms with Crippen LogP contribution in [0.25, 0.3) is 0 Å². The normalized spacial score (nSPS) is 18.1. The van der Waals surface area contributed by atoms with Gasteiger partial charge in [-0.15, -0.1) is 0 Å². The van der Waals surface area contributed by atoms with E-state index in [0.29, 0.717) is 0 Å². The van der Waals surface area contributed by atoms with Crippen molar-refractivity contribution in [3.63, 3.8) is 0 Å². The van der Waals surface area contributed by atoms with Gasteiger partial charge in [-0.05, 0) is 31.0 Å². The molecule has 1 aliphatic heterocycles. The van der Waals surface area contributed by atoms with E-state index in [4.69, 9.17) is 5.11 Å². The average molecular weight is 263 g/mol. The molecule has 0 saturated carbocycles. The zero-order valence-corrected chi connectivity index (χ0v) is 11.2. The van der Waals surface area contributed by atoms with Gasteiger partial charge in [-0.1, -0.05) is 6.07 Å². The van der Waals surface area contributed by atoms with E-state index >= 15 is 0 Å². The molecule has 5 heteroatoms. The SMILES string of the molecule is O=C(O)CN1CCCN(CCc2cccnc2)CC1. The molecule has 104 valence electrons. The predicted octanol–water partition coefficient (Wildman–Crippen LogP) is 0.716. The minimum atomic E-state index is -0.733. The highest BCUT2D eigenvalue weighted by molar-refractivity contribution is 5.69. The Hall–Kier alpha value is -1.46. The number of hydrogen-bond donors (Lipinski definition) is 1. The molecule has 19 heavy (non-hydrogen) atoms. The van der Waals surface area contributed by atoms with E-state index in [1.807, 2.05) is 17.2 Å². The summed E-state index contributed by atoms with van der Waals surface area (Å²) in [5.74, 6) is -0.733. The summed E-state index contributed by atoms with van der Waals surface area (Å²) in [5, 5.41) is 8.81. The Morgan fingerprint density at radius 3 is 2.79 bits per heavy atom. The maximum Gasteiger partial charge on any atom is 0.317 e. The molecule has 1 saturated heterocycles. The summed E-state index contributed by atoms with van der Waals surface area (Å²) in [7, 11) is 0. The van der Waals surface area contributed by atoms with Crippen LogP contribution >= 0.6 is 0 Å².